The predicted octanol–water partition coefficient (Wildman–Crippen LogP) is 6.31. The van der Waals surface area contributed by atoms with Gasteiger partial charge in [0.15, 0.2) is 5.83 Å². The maximum Gasteiger partial charge on any atom is 0.316 e. The summed E-state index contributed by atoms with van der Waals surface area (Å²) in [7, 11) is 0. The first-order valence-corrected chi connectivity index (χ1v) is 11.6. The topological polar surface area (TPSA) is 49.6 Å². The maximum atomic E-state index is 15.9. The zero-order valence-corrected chi connectivity index (χ0v) is 19.8. The van der Waals surface area contributed by atoms with Crippen LogP contribution in [-0.2, 0) is 4.74 Å². The zero-order chi connectivity index (χ0) is 24.3. The van der Waals surface area contributed by atoms with Crippen LogP contribution >= 0.6 is 0 Å². The van der Waals surface area contributed by atoms with Crippen LogP contribution in [0.1, 0.15) is 45.1 Å². The van der Waals surface area contributed by atoms with E-state index in [4.69, 9.17) is 4.74 Å². The molecule has 2 aliphatic heterocycles. The van der Waals surface area contributed by atoms with Gasteiger partial charge in [0.25, 0.3) is 0 Å². The van der Waals surface area contributed by atoms with Gasteiger partial charge in [-0.3, -0.25) is 9.89 Å². The Morgan fingerprint density at radius 2 is 1.74 bits per heavy atom. The van der Waals surface area contributed by atoms with Crippen LogP contribution in [0.3, 0.4) is 0 Å². The van der Waals surface area contributed by atoms with E-state index in [1.807, 2.05) is 0 Å². The summed E-state index contributed by atoms with van der Waals surface area (Å²) in [6.45, 7) is 13.2. The molecule has 2 aromatic rings. The molecule has 2 aliphatic rings. The number of halogens is 2. The molecule has 178 valence electrons. The average molecular weight is 465 g/mol. The van der Waals surface area contributed by atoms with Crippen LogP contribution < -0.4 is 0 Å². The smallest absolute Gasteiger partial charge is 0.316 e. The normalized spacial score (nSPS) is 18.4. The van der Waals surface area contributed by atoms with Crippen molar-refractivity contribution >= 4 is 35.9 Å². The molecule has 2 saturated heterocycles. The number of hydrogen-bond donors (Lipinski definition) is 0. The summed E-state index contributed by atoms with van der Waals surface area (Å²) in [5.74, 6) is -1.19. The molecule has 34 heavy (non-hydrogen) atoms. The highest BCUT2D eigenvalue weighted by Crippen LogP contribution is 2.39. The Bertz CT molecular complexity index is 1200. The van der Waals surface area contributed by atoms with E-state index < -0.39 is 11.6 Å². The van der Waals surface area contributed by atoms with Crippen molar-refractivity contribution in [3.63, 3.8) is 0 Å². The molecule has 4 rings (SSSR count). The lowest BCUT2D eigenvalue weighted by atomic mass is 9.95. The van der Waals surface area contributed by atoms with Gasteiger partial charge in [-0.2, -0.15) is 4.99 Å². The maximum absolute atomic E-state index is 15.9. The highest BCUT2D eigenvalue weighted by Gasteiger charge is 2.45. The Kier molecular flexibility index (Phi) is 7.03. The third-order valence-electron chi connectivity index (χ3n) is 6.78. The number of rotatable bonds is 6. The van der Waals surface area contributed by atoms with E-state index in [-0.39, 0.29) is 28.3 Å². The largest absolute Gasteiger partial charge is 0.461 e. The Morgan fingerprint density at radius 3 is 2.35 bits per heavy atom. The van der Waals surface area contributed by atoms with Crippen molar-refractivity contribution in [3.8, 4) is 0 Å². The molecule has 7 heteroatoms. The van der Waals surface area contributed by atoms with Gasteiger partial charge in [0.05, 0.1) is 5.54 Å². The van der Waals surface area contributed by atoms with Crippen LogP contribution in [0.5, 0.6) is 0 Å². The second-order valence-electron chi connectivity index (χ2n) is 9.07. The van der Waals surface area contributed by atoms with Crippen LogP contribution in [0, 0.1) is 5.82 Å². The van der Waals surface area contributed by atoms with Crippen LogP contribution in [0.4, 0.5) is 8.78 Å². The summed E-state index contributed by atoms with van der Waals surface area (Å²) in [5.41, 5.74) is 0.822. The van der Waals surface area contributed by atoms with Crippen molar-refractivity contribution in [2.24, 2.45) is 15.0 Å². The highest BCUT2D eigenvalue weighted by atomic mass is 19.1. The van der Waals surface area contributed by atoms with Crippen molar-refractivity contribution in [1.82, 2.24) is 4.90 Å². The Labute approximate surface area is 199 Å². The van der Waals surface area contributed by atoms with Gasteiger partial charge in [0, 0.05) is 10.9 Å². The van der Waals surface area contributed by atoms with Crippen molar-refractivity contribution < 1.29 is 13.5 Å². The van der Waals surface area contributed by atoms with Gasteiger partial charge in [-0.1, -0.05) is 30.3 Å². The molecule has 0 unspecified atom stereocenters. The summed E-state index contributed by atoms with van der Waals surface area (Å²) in [6.07, 6.45) is 4.42. The zero-order valence-electron chi connectivity index (χ0n) is 19.8. The summed E-state index contributed by atoms with van der Waals surface area (Å²) >= 11 is 0. The van der Waals surface area contributed by atoms with Gasteiger partial charge in [-0.05, 0) is 83.1 Å². The minimum Gasteiger partial charge on any atom is -0.461 e. The van der Waals surface area contributed by atoms with Gasteiger partial charge in [-0.15, -0.1) is 0 Å². The van der Waals surface area contributed by atoms with E-state index in [1.165, 1.54) is 6.07 Å². The molecule has 5 nitrogen and oxygen atoms in total. The number of benzene rings is 2. The number of amidine groups is 1. The SMILES string of the molecule is C=N/C(=N\C(=C(C)C)/C(F)=C(\N=C)c1cccc2cccc(F)c12)OCC12CCCN1CCC2. The fourth-order valence-corrected chi connectivity index (χ4v) is 5.13. The second kappa shape index (κ2) is 9.97. The van der Waals surface area contributed by atoms with Crippen LogP contribution in [-0.4, -0.2) is 49.6 Å². The lowest BCUT2D eigenvalue weighted by molar-refractivity contribution is 0.106. The third kappa shape index (κ3) is 4.44. The summed E-state index contributed by atoms with van der Waals surface area (Å²) < 4.78 is 36.6. The fraction of sp³-hybridized carbons (Fsp3) is 0.370. The van der Waals surface area contributed by atoms with E-state index in [0.717, 1.165) is 38.8 Å². The van der Waals surface area contributed by atoms with Crippen molar-refractivity contribution in [1.29, 1.82) is 0 Å². The number of aliphatic imine (C=N–C) groups is 3. The molecule has 0 amide bonds. The lowest BCUT2D eigenvalue weighted by Gasteiger charge is -2.31. The standard InChI is InChI=1S/C27H30F2N4O/c1-18(2)24(32-26(31-4)34-17-27-13-7-15-33(27)16-8-14-27)23(29)25(30-3)20-11-5-9-19-10-6-12-21(28)22(19)20/h5-6,9-12H,3-4,7-8,13-17H2,1-2H3/b25-23+,32-26+. The van der Waals surface area contributed by atoms with Gasteiger partial charge >= 0.3 is 6.02 Å². The molecular weight excluding hydrogens is 434 g/mol. The molecule has 0 radical (unpaired) electrons. The molecule has 0 aliphatic carbocycles. The van der Waals surface area contributed by atoms with Gasteiger partial charge in [-0.25, -0.2) is 13.8 Å². The van der Waals surface area contributed by atoms with Gasteiger partial charge in [0.2, 0.25) is 0 Å². The first kappa shape index (κ1) is 24.0. The molecule has 0 N–H and O–H groups in total. The van der Waals surface area contributed by atoms with E-state index in [1.54, 1.807) is 44.2 Å². The first-order chi connectivity index (χ1) is 16.4. The molecule has 0 saturated carbocycles. The van der Waals surface area contributed by atoms with E-state index in [2.05, 4.69) is 33.3 Å². The minimum absolute atomic E-state index is 0.000700. The molecule has 0 aromatic heterocycles. The highest BCUT2D eigenvalue weighted by molar-refractivity contribution is 5.95. The van der Waals surface area contributed by atoms with Crippen LogP contribution in [0.25, 0.3) is 16.5 Å². The molecule has 2 aromatic carbocycles. The van der Waals surface area contributed by atoms with E-state index in [0.29, 0.717) is 23.1 Å². The number of fused-ring (bicyclic) bond motifs is 2. The predicted molar refractivity (Wildman–Crippen MR) is 136 cm³/mol. The molecular formula is C27H30F2N4O. The van der Waals surface area contributed by atoms with E-state index in [9.17, 15) is 4.39 Å². The second-order valence-corrected chi connectivity index (χ2v) is 9.07. The van der Waals surface area contributed by atoms with Gasteiger partial charge in [0.1, 0.15) is 23.8 Å². The molecule has 0 bridgehead atoms. The monoisotopic (exact) mass is 464 g/mol. The van der Waals surface area contributed by atoms with Crippen molar-refractivity contribution in [2.75, 3.05) is 19.7 Å². The Balaban J connectivity index is 1.71. The number of ether oxygens (including phenoxy) is 1. The third-order valence-corrected chi connectivity index (χ3v) is 6.78. The first-order valence-electron chi connectivity index (χ1n) is 11.6. The van der Waals surface area contributed by atoms with Gasteiger partial charge < -0.3 is 4.74 Å². The average Bonchev–Trinajstić information content (AvgIpc) is 3.40. The minimum atomic E-state index is -0.725. The molecule has 0 spiro atoms. The number of hydrogen-bond acceptors (Lipinski definition) is 4. The Hall–Kier alpha value is -3.19. The van der Waals surface area contributed by atoms with Crippen LogP contribution in [0.15, 0.2) is 68.5 Å². The summed E-state index contributed by atoms with van der Waals surface area (Å²) in [4.78, 5) is 14.7. The summed E-state index contributed by atoms with van der Waals surface area (Å²) in [5, 5.41) is 0.919. The van der Waals surface area contributed by atoms with E-state index >= 15 is 4.39 Å². The Morgan fingerprint density at radius 1 is 1.06 bits per heavy atom. The number of allylic oxidation sites excluding steroid dienone is 2. The molecule has 2 heterocycles. The molecule has 0 atom stereocenters. The van der Waals surface area contributed by atoms with Crippen molar-refractivity contribution in [3.05, 3.63) is 64.9 Å². The lowest BCUT2D eigenvalue weighted by Crippen LogP contribution is -2.42. The van der Waals surface area contributed by atoms with Crippen molar-refractivity contribution in [2.45, 2.75) is 45.1 Å². The van der Waals surface area contributed by atoms with Crippen LogP contribution in [0.2, 0.25) is 0 Å². The molecule has 2 fully saturated rings. The summed E-state index contributed by atoms with van der Waals surface area (Å²) in [6, 6.07) is 9.85. The fourth-order valence-electron chi connectivity index (χ4n) is 5.13. The number of nitrogens with zero attached hydrogens (tertiary/aromatic N) is 4. The quantitative estimate of drug-likeness (QED) is 0.286.